The summed E-state index contributed by atoms with van der Waals surface area (Å²) >= 11 is 0. The summed E-state index contributed by atoms with van der Waals surface area (Å²) in [7, 11) is 0. The third kappa shape index (κ3) is 2.42. The van der Waals surface area contributed by atoms with Crippen LogP contribution in [0.4, 0.5) is 0 Å². The van der Waals surface area contributed by atoms with Gasteiger partial charge in [-0.15, -0.1) is 0 Å². The Kier molecular flexibility index (Phi) is 3.69. The summed E-state index contributed by atoms with van der Waals surface area (Å²) in [6.45, 7) is 4.16. The van der Waals surface area contributed by atoms with Gasteiger partial charge in [0.15, 0.2) is 0 Å². The summed E-state index contributed by atoms with van der Waals surface area (Å²) in [5.74, 6) is -0.246. The first-order valence-corrected chi connectivity index (χ1v) is 4.84. The van der Waals surface area contributed by atoms with Crippen LogP contribution in [0.25, 0.3) is 0 Å². The lowest BCUT2D eigenvalue weighted by Crippen LogP contribution is -2.58. The molecule has 0 unspecified atom stereocenters. The fourth-order valence-corrected chi connectivity index (χ4v) is 1.59. The number of nitrogens with two attached hydrogens (primary N) is 1. The molecule has 1 rings (SSSR count). The van der Waals surface area contributed by atoms with Crippen LogP contribution in [0.15, 0.2) is 0 Å². The number of hydrogen-bond donors (Lipinski definition) is 2. The van der Waals surface area contributed by atoms with Crippen molar-refractivity contribution in [3.05, 3.63) is 0 Å². The van der Waals surface area contributed by atoms with Crippen molar-refractivity contribution in [2.45, 2.75) is 31.7 Å². The molecule has 1 aliphatic rings. The van der Waals surface area contributed by atoms with Gasteiger partial charge in [-0.2, -0.15) is 0 Å². The summed E-state index contributed by atoms with van der Waals surface area (Å²) < 4.78 is 5.21. The van der Waals surface area contributed by atoms with Gasteiger partial charge < -0.3 is 15.8 Å². The smallest absolute Gasteiger partial charge is 0.237 e. The van der Waals surface area contributed by atoms with E-state index in [4.69, 9.17) is 10.5 Å². The van der Waals surface area contributed by atoms with Crippen LogP contribution < -0.4 is 11.1 Å². The molecule has 1 aliphatic heterocycles. The van der Waals surface area contributed by atoms with E-state index in [9.17, 15) is 4.79 Å². The van der Waals surface area contributed by atoms with Gasteiger partial charge in [-0.25, -0.2) is 0 Å². The predicted molar refractivity (Wildman–Crippen MR) is 50.3 cm³/mol. The van der Waals surface area contributed by atoms with Gasteiger partial charge in [-0.1, -0.05) is 6.92 Å². The molecule has 4 heteroatoms. The Morgan fingerprint density at radius 2 is 2.15 bits per heavy atom. The summed E-state index contributed by atoms with van der Waals surface area (Å²) in [5, 5.41) is 3.23. The van der Waals surface area contributed by atoms with E-state index in [1.54, 1.807) is 0 Å². The first-order valence-electron chi connectivity index (χ1n) is 4.84. The topological polar surface area (TPSA) is 64.3 Å². The molecule has 0 radical (unpaired) electrons. The van der Waals surface area contributed by atoms with E-state index in [0.29, 0.717) is 26.1 Å². The van der Waals surface area contributed by atoms with Crippen molar-refractivity contribution in [3.8, 4) is 0 Å². The van der Waals surface area contributed by atoms with E-state index in [-0.39, 0.29) is 5.91 Å². The number of primary amides is 1. The lowest BCUT2D eigenvalue weighted by atomic mass is 9.89. The van der Waals surface area contributed by atoms with Gasteiger partial charge in [-0.3, -0.25) is 4.79 Å². The number of carbonyl (C=O) groups is 1. The molecule has 0 aromatic heterocycles. The molecule has 1 amide bonds. The van der Waals surface area contributed by atoms with Gasteiger partial charge in [0.2, 0.25) is 5.91 Å². The van der Waals surface area contributed by atoms with Crippen molar-refractivity contribution in [1.29, 1.82) is 0 Å². The second kappa shape index (κ2) is 4.58. The fraction of sp³-hybridized carbons (Fsp3) is 0.889. The van der Waals surface area contributed by atoms with E-state index >= 15 is 0 Å². The Morgan fingerprint density at radius 1 is 1.54 bits per heavy atom. The zero-order valence-corrected chi connectivity index (χ0v) is 8.14. The van der Waals surface area contributed by atoms with Crippen LogP contribution in [0.3, 0.4) is 0 Å². The second-order valence-electron chi connectivity index (χ2n) is 3.49. The highest BCUT2D eigenvalue weighted by atomic mass is 16.5. The molecule has 0 bridgehead atoms. The Bertz CT molecular complexity index is 176. The van der Waals surface area contributed by atoms with Crippen molar-refractivity contribution in [1.82, 2.24) is 5.32 Å². The molecule has 0 spiro atoms. The Labute approximate surface area is 78.8 Å². The minimum Gasteiger partial charge on any atom is -0.381 e. The summed E-state index contributed by atoms with van der Waals surface area (Å²) in [5.41, 5.74) is 4.88. The van der Waals surface area contributed by atoms with Crippen molar-refractivity contribution < 1.29 is 9.53 Å². The number of rotatable bonds is 4. The molecule has 76 valence electrons. The molecule has 1 heterocycles. The maximum Gasteiger partial charge on any atom is 0.237 e. The number of carbonyl (C=O) groups excluding carboxylic acids is 1. The van der Waals surface area contributed by atoms with Crippen LogP contribution in [-0.4, -0.2) is 31.2 Å². The lowest BCUT2D eigenvalue weighted by Gasteiger charge is -2.35. The lowest BCUT2D eigenvalue weighted by molar-refractivity contribution is -0.128. The molecule has 4 nitrogen and oxygen atoms in total. The van der Waals surface area contributed by atoms with E-state index < -0.39 is 5.54 Å². The van der Waals surface area contributed by atoms with Crippen molar-refractivity contribution in [2.24, 2.45) is 5.73 Å². The maximum atomic E-state index is 11.3. The minimum atomic E-state index is -0.506. The van der Waals surface area contributed by atoms with Gasteiger partial charge in [0, 0.05) is 13.2 Å². The Hall–Kier alpha value is -0.610. The summed E-state index contributed by atoms with van der Waals surface area (Å²) in [6.07, 6.45) is 2.40. The monoisotopic (exact) mass is 186 g/mol. The van der Waals surface area contributed by atoms with Crippen molar-refractivity contribution in [2.75, 3.05) is 19.8 Å². The van der Waals surface area contributed by atoms with Crippen LogP contribution in [0, 0.1) is 0 Å². The van der Waals surface area contributed by atoms with Gasteiger partial charge in [0.1, 0.15) is 5.54 Å². The Morgan fingerprint density at radius 3 is 2.62 bits per heavy atom. The van der Waals surface area contributed by atoms with Crippen LogP contribution in [0.2, 0.25) is 0 Å². The molecule has 0 aromatic carbocycles. The standard InChI is InChI=1S/C9H18N2O2/c1-2-5-11-9(8(10)12)3-6-13-7-4-9/h11H,2-7H2,1H3,(H2,10,12). The summed E-state index contributed by atoms with van der Waals surface area (Å²) in [6, 6.07) is 0. The normalized spacial score (nSPS) is 21.3. The largest absolute Gasteiger partial charge is 0.381 e. The number of nitrogens with one attached hydrogen (secondary N) is 1. The van der Waals surface area contributed by atoms with E-state index in [1.807, 2.05) is 0 Å². The molecular weight excluding hydrogens is 168 g/mol. The number of amides is 1. The molecular formula is C9H18N2O2. The molecule has 13 heavy (non-hydrogen) atoms. The zero-order valence-electron chi connectivity index (χ0n) is 8.14. The maximum absolute atomic E-state index is 11.3. The van der Waals surface area contributed by atoms with Crippen LogP contribution in [0.1, 0.15) is 26.2 Å². The molecule has 0 aliphatic carbocycles. The first kappa shape index (κ1) is 10.5. The highest BCUT2D eigenvalue weighted by Gasteiger charge is 2.37. The second-order valence-corrected chi connectivity index (χ2v) is 3.49. The average molecular weight is 186 g/mol. The molecule has 0 atom stereocenters. The third-order valence-electron chi connectivity index (χ3n) is 2.53. The van der Waals surface area contributed by atoms with Crippen LogP contribution >= 0.6 is 0 Å². The van der Waals surface area contributed by atoms with E-state index in [1.165, 1.54) is 0 Å². The SMILES string of the molecule is CCCNC1(C(N)=O)CCOCC1. The van der Waals surface area contributed by atoms with Gasteiger partial charge in [0.05, 0.1) is 0 Å². The molecule has 1 saturated heterocycles. The average Bonchev–Trinajstić information content (AvgIpc) is 2.16. The highest BCUT2D eigenvalue weighted by Crippen LogP contribution is 2.19. The quantitative estimate of drug-likeness (QED) is 0.650. The van der Waals surface area contributed by atoms with E-state index in [2.05, 4.69) is 12.2 Å². The van der Waals surface area contributed by atoms with Gasteiger partial charge >= 0.3 is 0 Å². The Balaban J connectivity index is 2.56. The molecule has 0 aromatic rings. The van der Waals surface area contributed by atoms with Gasteiger partial charge in [0.25, 0.3) is 0 Å². The highest BCUT2D eigenvalue weighted by molar-refractivity contribution is 5.84. The minimum absolute atomic E-state index is 0.246. The zero-order chi connectivity index (χ0) is 9.73. The van der Waals surface area contributed by atoms with Gasteiger partial charge in [-0.05, 0) is 25.8 Å². The molecule has 1 fully saturated rings. The number of ether oxygens (including phenoxy) is 1. The van der Waals surface area contributed by atoms with Crippen LogP contribution in [-0.2, 0) is 9.53 Å². The molecule has 3 N–H and O–H groups in total. The molecule has 0 saturated carbocycles. The first-order chi connectivity index (χ1) is 6.21. The fourth-order valence-electron chi connectivity index (χ4n) is 1.59. The number of hydrogen-bond acceptors (Lipinski definition) is 3. The predicted octanol–water partition coefficient (Wildman–Crippen LogP) is 0.0205. The third-order valence-corrected chi connectivity index (χ3v) is 2.53. The van der Waals surface area contributed by atoms with E-state index in [0.717, 1.165) is 13.0 Å². The van der Waals surface area contributed by atoms with Crippen LogP contribution in [0.5, 0.6) is 0 Å². The van der Waals surface area contributed by atoms with Crippen molar-refractivity contribution >= 4 is 5.91 Å². The van der Waals surface area contributed by atoms with Crippen molar-refractivity contribution in [3.63, 3.8) is 0 Å². The summed E-state index contributed by atoms with van der Waals surface area (Å²) in [4.78, 5) is 11.3.